The van der Waals surface area contributed by atoms with Crippen molar-refractivity contribution in [2.24, 2.45) is 0 Å². The molecule has 1 aromatic rings. The molecule has 2 rings (SSSR count). The van der Waals surface area contributed by atoms with E-state index in [2.05, 4.69) is 44.0 Å². The molecule has 2 heterocycles. The lowest BCUT2D eigenvalue weighted by Gasteiger charge is -2.43. The largest absolute Gasteiger partial charge is 0.309 e. The summed E-state index contributed by atoms with van der Waals surface area (Å²) in [6.07, 6.45) is 2.45. The molecule has 0 aromatic carbocycles. The Morgan fingerprint density at radius 3 is 2.61 bits per heavy atom. The highest BCUT2D eigenvalue weighted by Gasteiger charge is 2.31. The first-order valence-electron chi connectivity index (χ1n) is 7.12. The first-order valence-corrected chi connectivity index (χ1v) is 7.93. The van der Waals surface area contributed by atoms with E-state index in [1.54, 1.807) is 0 Å². The molecule has 3 heteroatoms. The highest BCUT2D eigenvalue weighted by Crippen LogP contribution is 2.25. The molecule has 0 saturated carbocycles. The molecule has 18 heavy (non-hydrogen) atoms. The number of piperazine rings is 1. The van der Waals surface area contributed by atoms with Crippen molar-refractivity contribution in [1.29, 1.82) is 0 Å². The molecule has 2 nitrogen and oxygen atoms in total. The van der Waals surface area contributed by atoms with Gasteiger partial charge in [-0.05, 0) is 38.3 Å². The van der Waals surface area contributed by atoms with Gasteiger partial charge in [0.1, 0.15) is 0 Å². The van der Waals surface area contributed by atoms with Gasteiger partial charge >= 0.3 is 0 Å². The zero-order valence-corrected chi connectivity index (χ0v) is 13.0. The van der Waals surface area contributed by atoms with Gasteiger partial charge in [0.15, 0.2) is 0 Å². The molecule has 102 valence electrons. The molecule has 0 spiro atoms. The Hall–Kier alpha value is -0.380. The normalized spacial score (nSPS) is 20.2. The maximum atomic E-state index is 3.73. The second-order valence-corrected chi connectivity index (χ2v) is 6.92. The molecule has 0 unspecified atom stereocenters. The van der Waals surface area contributed by atoms with Gasteiger partial charge in [0.25, 0.3) is 0 Å². The molecule has 0 bridgehead atoms. The van der Waals surface area contributed by atoms with E-state index in [1.165, 1.54) is 41.2 Å². The van der Waals surface area contributed by atoms with Crippen LogP contribution in [0.3, 0.4) is 0 Å². The molecule has 1 saturated heterocycles. The third-order valence-corrected chi connectivity index (χ3v) is 5.54. The van der Waals surface area contributed by atoms with Crippen LogP contribution < -0.4 is 5.32 Å². The van der Waals surface area contributed by atoms with Crippen molar-refractivity contribution in [3.05, 3.63) is 21.4 Å². The number of aryl methyl sites for hydroxylation is 2. The minimum absolute atomic E-state index is 0.347. The fraction of sp³-hybridized carbons (Fsp3) is 0.733. The van der Waals surface area contributed by atoms with Crippen LogP contribution in [0.2, 0.25) is 0 Å². The number of nitrogens with zero attached hydrogens (tertiary/aromatic N) is 1. The molecule has 1 aliphatic rings. The Morgan fingerprint density at radius 2 is 2.06 bits per heavy atom. The van der Waals surface area contributed by atoms with Crippen LogP contribution in [-0.4, -0.2) is 30.1 Å². The van der Waals surface area contributed by atoms with Crippen LogP contribution in [0.15, 0.2) is 6.07 Å². The first-order chi connectivity index (χ1) is 8.58. The van der Waals surface area contributed by atoms with Crippen LogP contribution in [-0.2, 0) is 6.54 Å². The van der Waals surface area contributed by atoms with Gasteiger partial charge in [-0.15, -0.1) is 11.3 Å². The second kappa shape index (κ2) is 5.72. The van der Waals surface area contributed by atoms with E-state index in [0.717, 1.165) is 13.1 Å². The van der Waals surface area contributed by atoms with Gasteiger partial charge in [0, 0.05) is 41.5 Å². The van der Waals surface area contributed by atoms with E-state index in [0.29, 0.717) is 5.54 Å². The smallest absolute Gasteiger partial charge is 0.0329 e. The van der Waals surface area contributed by atoms with Crippen molar-refractivity contribution >= 4 is 11.3 Å². The molecule has 0 radical (unpaired) electrons. The third-order valence-electron chi connectivity index (χ3n) is 4.40. The average Bonchev–Trinajstić information content (AvgIpc) is 2.68. The van der Waals surface area contributed by atoms with Crippen molar-refractivity contribution in [3.63, 3.8) is 0 Å². The van der Waals surface area contributed by atoms with Gasteiger partial charge < -0.3 is 5.32 Å². The molecular weight excluding hydrogens is 240 g/mol. The standard InChI is InChI=1S/C15H26N2S/c1-5-15(6-2)11-17(8-7-16-15)10-14-9-12(3)13(4)18-14/h9,16H,5-8,10-11H2,1-4H3. The van der Waals surface area contributed by atoms with E-state index in [-0.39, 0.29) is 0 Å². The molecule has 1 fully saturated rings. The highest BCUT2D eigenvalue weighted by atomic mass is 32.1. The SMILES string of the molecule is CCC1(CC)CN(Cc2cc(C)c(C)s2)CCN1. The topological polar surface area (TPSA) is 15.3 Å². The fourth-order valence-corrected chi connectivity index (χ4v) is 3.94. The summed E-state index contributed by atoms with van der Waals surface area (Å²) in [5.41, 5.74) is 1.79. The molecular formula is C15H26N2S. The lowest BCUT2D eigenvalue weighted by molar-refractivity contribution is 0.119. The van der Waals surface area contributed by atoms with Crippen molar-refractivity contribution < 1.29 is 0 Å². The zero-order valence-electron chi connectivity index (χ0n) is 12.2. The minimum Gasteiger partial charge on any atom is -0.309 e. The van der Waals surface area contributed by atoms with Crippen LogP contribution in [0, 0.1) is 13.8 Å². The van der Waals surface area contributed by atoms with Gasteiger partial charge in [0.2, 0.25) is 0 Å². The van der Waals surface area contributed by atoms with Crippen LogP contribution >= 0.6 is 11.3 Å². The Labute approximate surface area is 115 Å². The van der Waals surface area contributed by atoms with Crippen molar-refractivity contribution in [3.8, 4) is 0 Å². The number of thiophene rings is 1. The van der Waals surface area contributed by atoms with Gasteiger partial charge in [-0.1, -0.05) is 13.8 Å². The molecule has 0 aliphatic carbocycles. The Kier molecular flexibility index (Phi) is 4.46. The summed E-state index contributed by atoms with van der Waals surface area (Å²) in [6, 6.07) is 2.36. The Bertz CT molecular complexity index is 374. The van der Waals surface area contributed by atoms with Gasteiger partial charge in [-0.25, -0.2) is 0 Å². The maximum Gasteiger partial charge on any atom is 0.0329 e. The summed E-state index contributed by atoms with van der Waals surface area (Å²) >= 11 is 1.96. The molecule has 0 amide bonds. The Morgan fingerprint density at radius 1 is 1.33 bits per heavy atom. The summed E-state index contributed by atoms with van der Waals surface area (Å²) in [5.74, 6) is 0. The van der Waals surface area contributed by atoms with E-state index in [9.17, 15) is 0 Å². The molecule has 0 atom stereocenters. The highest BCUT2D eigenvalue weighted by molar-refractivity contribution is 7.12. The van der Waals surface area contributed by atoms with E-state index in [1.807, 2.05) is 11.3 Å². The van der Waals surface area contributed by atoms with Crippen molar-refractivity contribution in [2.45, 2.75) is 52.6 Å². The predicted octanol–water partition coefficient (Wildman–Crippen LogP) is 3.33. The van der Waals surface area contributed by atoms with E-state index in [4.69, 9.17) is 0 Å². The molecule has 1 N–H and O–H groups in total. The van der Waals surface area contributed by atoms with Crippen LogP contribution in [0.25, 0.3) is 0 Å². The van der Waals surface area contributed by atoms with Gasteiger partial charge in [0.05, 0.1) is 0 Å². The van der Waals surface area contributed by atoms with Gasteiger partial charge in [-0.3, -0.25) is 4.90 Å². The maximum absolute atomic E-state index is 3.73. The first kappa shape index (κ1) is 14.0. The summed E-state index contributed by atoms with van der Waals surface area (Å²) in [6.45, 7) is 13.7. The number of hydrogen-bond acceptors (Lipinski definition) is 3. The summed E-state index contributed by atoms with van der Waals surface area (Å²) in [4.78, 5) is 5.61. The van der Waals surface area contributed by atoms with Gasteiger partial charge in [-0.2, -0.15) is 0 Å². The Balaban J connectivity index is 2.01. The fourth-order valence-electron chi connectivity index (χ4n) is 2.85. The number of hydrogen-bond donors (Lipinski definition) is 1. The molecule has 1 aliphatic heterocycles. The quantitative estimate of drug-likeness (QED) is 0.899. The van der Waals surface area contributed by atoms with Crippen LogP contribution in [0.5, 0.6) is 0 Å². The van der Waals surface area contributed by atoms with Crippen molar-refractivity contribution in [1.82, 2.24) is 10.2 Å². The van der Waals surface area contributed by atoms with E-state index < -0.39 is 0 Å². The third kappa shape index (κ3) is 2.95. The van der Waals surface area contributed by atoms with Crippen LogP contribution in [0.1, 0.15) is 42.0 Å². The second-order valence-electron chi connectivity index (χ2n) is 5.58. The predicted molar refractivity (Wildman–Crippen MR) is 80.4 cm³/mol. The summed E-state index contributed by atoms with van der Waals surface area (Å²) < 4.78 is 0. The monoisotopic (exact) mass is 266 g/mol. The lowest BCUT2D eigenvalue weighted by atomic mass is 9.90. The lowest BCUT2D eigenvalue weighted by Crippen LogP contribution is -2.59. The molecule has 1 aromatic heterocycles. The number of nitrogens with one attached hydrogen (secondary N) is 1. The number of rotatable bonds is 4. The summed E-state index contributed by atoms with van der Waals surface area (Å²) in [5, 5.41) is 3.73. The van der Waals surface area contributed by atoms with E-state index >= 15 is 0 Å². The van der Waals surface area contributed by atoms with Crippen molar-refractivity contribution in [2.75, 3.05) is 19.6 Å². The summed E-state index contributed by atoms with van der Waals surface area (Å²) in [7, 11) is 0. The van der Waals surface area contributed by atoms with Crippen LogP contribution in [0.4, 0.5) is 0 Å². The zero-order chi connectivity index (χ0) is 13.2. The minimum atomic E-state index is 0.347. The average molecular weight is 266 g/mol.